The van der Waals surface area contributed by atoms with E-state index in [1.807, 2.05) is 24.3 Å². The second kappa shape index (κ2) is 5.38. The number of nitrogens with two attached hydrogens (primary N) is 1. The Morgan fingerprint density at radius 3 is 2.85 bits per heavy atom. The van der Waals surface area contributed by atoms with Crippen LogP contribution in [0.1, 0.15) is 37.7 Å². The number of benzene rings is 1. The van der Waals surface area contributed by atoms with Crippen LogP contribution in [0, 0.1) is 11.8 Å². The van der Waals surface area contributed by atoms with E-state index in [0.717, 1.165) is 42.7 Å². The summed E-state index contributed by atoms with van der Waals surface area (Å²) in [6.45, 7) is 0.613. The first-order valence-electron chi connectivity index (χ1n) is 7.43. The maximum atomic E-state index is 12.5. The molecular weight excluding hydrogens is 272 g/mol. The van der Waals surface area contributed by atoms with Crippen molar-refractivity contribution < 1.29 is 4.79 Å². The third kappa shape index (κ3) is 2.57. The van der Waals surface area contributed by atoms with Gasteiger partial charge in [0, 0.05) is 10.9 Å². The molecule has 2 aliphatic rings. The SMILES string of the molecule is NC[C@H]1CCC[C@H]1C(=O)NC1(c2cccc(Cl)c2)CC1. The van der Waals surface area contributed by atoms with Crippen LogP contribution >= 0.6 is 11.6 Å². The lowest BCUT2D eigenvalue weighted by Gasteiger charge is -2.23. The standard InChI is InChI=1S/C16H21ClN2O/c17-13-5-2-4-12(9-13)16(7-8-16)19-15(20)14-6-1-3-11(14)10-18/h2,4-5,9,11,14H,1,3,6-8,10,18H2,(H,19,20)/t11-,14-/m1/s1. The summed E-state index contributed by atoms with van der Waals surface area (Å²) in [4.78, 5) is 12.5. The predicted molar refractivity (Wildman–Crippen MR) is 80.4 cm³/mol. The van der Waals surface area contributed by atoms with Gasteiger partial charge >= 0.3 is 0 Å². The van der Waals surface area contributed by atoms with Crippen LogP contribution < -0.4 is 11.1 Å². The van der Waals surface area contributed by atoms with Gasteiger partial charge in [-0.1, -0.05) is 30.2 Å². The molecule has 0 spiro atoms. The second-order valence-corrected chi connectivity index (χ2v) is 6.55. The van der Waals surface area contributed by atoms with Gasteiger partial charge in [0.15, 0.2) is 0 Å². The van der Waals surface area contributed by atoms with Gasteiger partial charge in [-0.25, -0.2) is 0 Å². The van der Waals surface area contributed by atoms with Crippen LogP contribution in [0.15, 0.2) is 24.3 Å². The summed E-state index contributed by atoms with van der Waals surface area (Å²) in [6, 6.07) is 7.82. The third-order valence-corrected chi connectivity index (χ3v) is 5.02. The topological polar surface area (TPSA) is 55.1 Å². The van der Waals surface area contributed by atoms with E-state index >= 15 is 0 Å². The first kappa shape index (κ1) is 13.9. The molecule has 1 aromatic rings. The van der Waals surface area contributed by atoms with Gasteiger partial charge < -0.3 is 11.1 Å². The fraction of sp³-hybridized carbons (Fsp3) is 0.562. The van der Waals surface area contributed by atoms with Crippen LogP contribution in [-0.4, -0.2) is 12.5 Å². The fourth-order valence-electron chi connectivity index (χ4n) is 3.39. The van der Waals surface area contributed by atoms with Gasteiger partial charge in [0.1, 0.15) is 0 Å². The normalized spacial score (nSPS) is 27.3. The molecular formula is C16H21ClN2O. The predicted octanol–water partition coefficient (Wildman–Crippen LogP) is 2.82. The Kier molecular flexibility index (Phi) is 3.74. The Morgan fingerprint density at radius 2 is 2.20 bits per heavy atom. The number of halogens is 1. The molecule has 1 amide bonds. The smallest absolute Gasteiger partial charge is 0.224 e. The Morgan fingerprint density at radius 1 is 1.40 bits per heavy atom. The number of rotatable bonds is 4. The summed E-state index contributed by atoms with van der Waals surface area (Å²) >= 11 is 6.06. The highest BCUT2D eigenvalue weighted by molar-refractivity contribution is 6.30. The summed E-state index contributed by atoms with van der Waals surface area (Å²) in [5.41, 5.74) is 6.72. The van der Waals surface area contributed by atoms with Gasteiger partial charge in [-0.05, 0) is 55.8 Å². The highest BCUT2D eigenvalue weighted by atomic mass is 35.5. The van der Waals surface area contributed by atoms with E-state index < -0.39 is 0 Å². The summed E-state index contributed by atoms with van der Waals surface area (Å²) in [7, 11) is 0. The maximum absolute atomic E-state index is 12.5. The molecule has 2 fully saturated rings. The van der Waals surface area contributed by atoms with Crippen LogP contribution in [-0.2, 0) is 10.3 Å². The minimum absolute atomic E-state index is 0.0941. The number of hydrogen-bond donors (Lipinski definition) is 2. The molecule has 0 radical (unpaired) electrons. The van der Waals surface area contributed by atoms with Crippen molar-refractivity contribution in [2.75, 3.05) is 6.54 Å². The molecule has 2 atom stereocenters. The lowest BCUT2D eigenvalue weighted by atomic mass is 9.94. The minimum Gasteiger partial charge on any atom is -0.346 e. The molecule has 4 heteroatoms. The molecule has 3 rings (SSSR count). The van der Waals surface area contributed by atoms with Crippen molar-refractivity contribution in [3.8, 4) is 0 Å². The van der Waals surface area contributed by atoms with Gasteiger partial charge in [-0.15, -0.1) is 0 Å². The maximum Gasteiger partial charge on any atom is 0.224 e. The number of carbonyl (C=O) groups is 1. The van der Waals surface area contributed by atoms with E-state index in [-0.39, 0.29) is 17.4 Å². The monoisotopic (exact) mass is 292 g/mol. The molecule has 1 aromatic carbocycles. The molecule has 2 aliphatic carbocycles. The summed E-state index contributed by atoms with van der Waals surface area (Å²) in [6.07, 6.45) is 5.17. The van der Waals surface area contributed by atoms with Crippen molar-refractivity contribution in [3.63, 3.8) is 0 Å². The lowest BCUT2D eigenvalue weighted by Crippen LogP contribution is -2.41. The zero-order chi connectivity index (χ0) is 14.2. The molecule has 0 unspecified atom stereocenters. The van der Waals surface area contributed by atoms with Gasteiger partial charge in [0.2, 0.25) is 5.91 Å². The molecule has 0 aromatic heterocycles. The van der Waals surface area contributed by atoms with Crippen molar-refractivity contribution in [1.29, 1.82) is 0 Å². The zero-order valence-corrected chi connectivity index (χ0v) is 12.3. The van der Waals surface area contributed by atoms with E-state index in [9.17, 15) is 4.79 Å². The van der Waals surface area contributed by atoms with Gasteiger partial charge in [-0.3, -0.25) is 4.79 Å². The van der Waals surface area contributed by atoms with E-state index in [0.29, 0.717) is 12.5 Å². The molecule has 0 heterocycles. The van der Waals surface area contributed by atoms with E-state index in [1.165, 1.54) is 0 Å². The quantitative estimate of drug-likeness (QED) is 0.896. The molecule has 3 nitrogen and oxygen atoms in total. The summed E-state index contributed by atoms with van der Waals surface area (Å²) in [5.74, 6) is 0.622. The number of carbonyl (C=O) groups excluding carboxylic acids is 1. The first-order valence-corrected chi connectivity index (χ1v) is 7.80. The fourth-order valence-corrected chi connectivity index (χ4v) is 3.58. The van der Waals surface area contributed by atoms with Crippen LogP contribution in [0.2, 0.25) is 5.02 Å². The van der Waals surface area contributed by atoms with Crippen LogP contribution in [0.3, 0.4) is 0 Å². The van der Waals surface area contributed by atoms with E-state index in [2.05, 4.69) is 5.32 Å². The zero-order valence-electron chi connectivity index (χ0n) is 11.6. The van der Waals surface area contributed by atoms with Crippen molar-refractivity contribution in [1.82, 2.24) is 5.32 Å². The van der Waals surface area contributed by atoms with Crippen molar-refractivity contribution in [2.24, 2.45) is 17.6 Å². The van der Waals surface area contributed by atoms with E-state index in [1.54, 1.807) is 0 Å². The van der Waals surface area contributed by atoms with Crippen molar-refractivity contribution in [3.05, 3.63) is 34.9 Å². The van der Waals surface area contributed by atoms with Gasteiger partial charge in [-0.2, -0.15) is 0 Å². The molecule has 20 heavy (non-hydrogen) atoms. The highest BCUT2D eigenvalue weighted by Crippen LogP contribution is 2.46. The van der Waals surface area contributed by atoms with Crippen LogP contribution in [0.5, 0.6) is 0 Å². The van der Waals surface area contributed by atoms with Gasteiger partial charge in [0.25, 0.3) is 0 Å². The largest absolute Gasteiger partial charge is 0.346 e. The Balaban J connectivity index is 1.72. The Labute approximate surface area is 124 Å². The molecule has 3 N–H and O–H groups in total. The summed E-state index contributed by atoms with van der Waals surface area (Å²) < 4.78 is 0. The second-order valence-electron chi connectivity index (χ2n) is 6.11. The number of amides is 1. The Hall–Kier alpha value is -1.06. The van der Waals surface area contributed by atoms with E-state index in [4.69, 9.17) is 17.3 Å². The number of hydrogen-bond acceptors (Lipinski definition) is 2. The van der Waals surface area contributed by atoms with Crippen LogP contribution in [0.25, 0.3) is 0 Å². The van der Waals surface area contributed by atoms with Crippen molar-refractivity contribution in [2.45, 2.75) is 37.6 Å². The minimum atomic E-state index is -0.177. The summed E-state index contributed by atoms with van der Waals surface area (Å²) in [5, 5.41) is 3.99. The average Bonchev–Trinajstić information content (AvgIpc) is 3.06. The first-order chi connectivity index (χ1) is 9.64. The van der Waals surface area contributed by atoms with Crippen molar-refractivity contribution >= 4 is 17.5 Å². The molecule has 108 valence electrons. The molecule has 0 saturated heterocycles. The molecule has 2 saturated carbocycles. The Bertz CT molecular complexity index is 513. The molecule has 0 aliphatic heterocycles. The lowest BCUT2D eigenvalue weighted by molar-refractivity contribution is -0.127. The average molecular weight is 293 g/mol. The highest BCUT2D eigenvalue weighted by Gasteiger charge is 2.47. The van der Waals surface area contributed by atoms with Crippen LogP contribution in [0.4, 0.5) is 0 Å². The van der Waals surface area contributed by atoms with Gasteiger partial charge in [0.05, 0.1) is 5.54 Å². The third-order valence-electron chi connectivity index (χ3n) is 4.79. The molecule has 0 bridgehead atoms. The number of nitrogens with one attached hydrogen (secondary N) is 1.